The Balaban J connectivity index is 2.70. The zero-order valence-electron chi connectivity index (χ0n) is 13.6. The van der Waals surface area contributed by atoms with Crippen molar-refractivity contribution < 1.29 is 9.53 Å². The molecule has 1 aromatic rings. The van der Waals surface area contributed by atoms with Crippen molar-refractivity contribution in [2.45, 2.75) is 71.3 Å². The molecule has 0 radical (unpaired) electrons. The number of rotatable bonds is 9. The van der Waals surface area contributed by atoms with Crippen molar-refractivity contribution >= 4 is 16.8 Å². The standard InChI is InChI=1S/C18H27ClO2/c1-5-7-8-13-18(3,4)14-9-11-15(12-10-14)21-16(6-2)17(19)20/h9-12,16H,5-8,13H2,1-4H3. The van der Waals surface area contributed by atoms with Crippen LogP contribution in [0.3, 0.4) is 0 Å². The van der Waals surface area contributed by atoms with Crippen molar-refractivity contribution in [1.29, 1.82) is 0 Å². The molecule has 0 N–H and O–H groups in total. The van der Waals surface area contributed by atoms with Crippen LogP contribution in [0.5, 0.6) is 5.75 Å². The molecule has 1 unspecified atom stereocenters. The minimum Gasteiger partial charge on any atom is -0.481 e. The molecule has 0 heterocycles. The molecule has 0 aliphatic rings. The highest BCUT2D eigenvalue weighted by molar-refractivity contribution is 6.64. The topological polar surface area (TPSA) is 26.3 Å². The lowest BCUT2D eigenvalue weighted by atomic mass is 9.80. The molecule has 0 bridgehead atoms. The Hall–Kier alpha value is -1.02. The Morgan fingerprint density at radius 2 is 1.81 bits per heavy atom. The van der Waals surface area contributed by atoms with E-state index in [1.165, 1.54) is 31.2 Å². The van der Waals surface area contributed by atoms with E-state index in [9.17, 15) is 4.79 Å². The van der Waals surface area contributed by atoms with Crippen LogP contribution >= 0.6 is 11.6 Å². The van der Waals surface area contributed by atoms with Crippen molar-refractivity contribution in [2.75, 3.05) is 0 Å². The normalized spacial score (nSPS) is 13.0. The Bertz CT molecular complexity index is 437. The second-order valence-corrected chi connectivity index (χ2v) is 6.56. The maximum Gasteiger partial charge on any atom is 0.262 e. The summed E-state index contributed by atoms with van der Waals surface area (Å²) >= 11 is 5.50. The van der Waals surface area contributed by atoms with Crippen LogP contribution in [0.2, 0.25) is 0 Å². The highest BCUT2D eigenvalue weighted by atomic mass is 35.5. The molecule has 0 fully saturated rings. The Kier molecular flexibility index (Phi) is 7.24. The SMILES string of the molecule is CCCCCC(C)(C)c1ccc(OC(CC)C(=O)Cl)cc1. The molecule has 0 saturated heterocycles. The second kappa shape index (κ2) is 8.43. The van der Waals surface area contributed by atoms with E-state index in [0.29, 0.717) is 12.2 Å². The van der Waals surface area contributed by atoms with Crippen molar-refractivity contribution in [3.05, 3.63) is 29.8 Å². The fourth-order valence-electron chi connectivity index (χ4n) is 2.40. The van der Waals surface area contributed by atoms with Crippen molar-refractivity contribution in [3.63, 3.8) is 0 Å². The third kappa shape index (κ3) is 5.70. The van der Waals surface area contributed by atoms with Crippen LogP contribution in [0, 0.1) is 0 Å². The second-order valence-electron chi connectivity index (χ2n) is 6.18. The summed E-state index contributed by atoms with van der Waals surface area (Å²) in [5, 5.41) is -0.443. The van der Waals surface area contributed by atoms with Crippen LogP contribution in [-0.2, 0) is 10.2 Å². The lowest BCUT2D eigenvalue weighted by molar-refractivity contribution is -0.117. The maximum absolute atomic E-state index is 11.2. The summed E-state index contributed by atoms with van der Waals surface area (Å²) in [6.45, 7) is 8.66. The molecule has 3 heteroatoms. The van der Waals surface area contributed by atoms with Gasteiger partial charge >= 0.3 is 0 Å². The van der Waals surface area contributed by atoms with E-state index in [4.69, 9.17) is 16.3 Å². The van der Waals surface area contributed by atoms with Crippen LogP contribution in [0.15, 0.2) is 24.3 Å². The summed E-state index contributed by atoms with van der Waals surface area (Å²) in [6, 6.07) is 8.04. The zero-order valence-corrected chi connectivity index (χ0v) is 14.4. The average Bonchev–Trinajstić information content (AvgIpc) is 2.45. The molecule has 1 atom stereocenters. The van der Waals surface area contributed by atoms with Gasteiger partial charge in [-0.1, -0.05) is 59.1 Å². The third-order valence-electron chi connectivity index (χ3n) is 3.94. The van der Waals surface area contributed by atoms with E-state index in [0.717, 1.165) is 0 Å². The summed E-state index contributed by atoms with van der Waals surface area (Å²) in [5.74, 6) is 0.698. The Morgan fingerprint density at radius 1 is 1.19 bits per heavy atom. The van der Waals surface area contributed by atoms with Gasteiger partial charge in [0.25, 0.3) is 5.24 Å². The van der Waals surface area contributed by atoms with Gasteiger partial charge in [0, 0.05) is 0 Å². The maximum atomic E-state index is 11.2. The molecule has 0 aliphatic heterocycles. The Morgan fingerprint density at radius 3 is 2.29 bits per heavy atom. The molecule has 0 amide bonds. The predicted molar refractivity (Wildman–Crippen MR) is 89.2 cm³/mol. The first kappa shape index (κ1) is 18.0. The molecular formula is C18H27ClO2. The van der Waals surface area contributed by atoms with Gasteiger partial charge in [0.2, 0.25) is 0 Å². The van der Waals surface area contributed by atoms with Crippen molar-refractivity contribution in [2.24, 2.45) is 0 Å². The molecule has 21 heavy (non-hydrogen) atoms. The molecule has 1 rings (SSSR count). The van der Waals surface area contributed by atoms with E-state index >= 15 is 0 Å². The van der Waals surface area contributed by atoms with Crippen LogP contribution in [0.4, 0.5) is 0 Å². The largest absolute Gasteiger partial charge is 0.481 e. The van der Waals surface area contributed by atoms with Gasteiger partial charge in [0.1, 0.15) is 5.75 Å². The van der Waals surface area contributed by atoms with Gasteiger partial charge in [0.15, 0.2) is 6.10 Å². The van der Waals surface area contributed by atoms with Gasteiger partial charge in [-0.2, -0.15) is 0 Å². The molecule has 118 valence electrons. The fourth-order valence-corrected chi connectivity index (χ4v) is 2.60. The number of unbranched alkanes of at least 4 members (excludes halogenated alkanes) is 2. The van der Waals surface area contributed by atoms with Crippen LogP contribution < -0.4 is 4.74 Å². The van der Waals surface area contributed by atoms with E-state index in [1.54, 1.807) is 0 Å². The van der Waals surface area contributed by atoms with Gasteiger partial charge in [-0.25, -0.2) is 0 Å². The summed E-state index contributed by atoms with van der Waals surface area (Å²) in [6.07, 6.45) is 4.97. The number of ether oxygens (including phenoxy) is 1. The summed E-state index contributed by atoms with van der Waals surface area (Å²) in [5.41, 5.74) is 1.47. The van der Waals surface area contributed by atoms with Crippen LogP contribution in [0.1, 0.15) is 65.4 Å². The van der Waals surface area contributed by atoms with Crippen molar-refractivity contribution in [1.82, 2.24) is 0 Å². The van der Waals surface area contributed by atoms with Crippen molar-refractivity contribution in [3.8, 4) is 5.75 Å². The first-order valence-electron chi connectivity index (χ1n) is 7.87. The van der Waals surface area contributed by atoms with Gasteiger partial charge in [0.05, 0.1) is 0 Å². The first-order valence-corrected chi connectivity index (χ1v) is 8.25. The number of carbonyl (C=O) groups is 1. The lowest BCUT2D eigenvalue weighted by Crippen LogP contribution is -2.22. The molecule has 0 saturated carbocycles. The summed E-state index contributed by atoms with van der Waals surface area (Å²) in [4.78, 5) is 11.2. The molecule has 0 spiro atoms. The molecule has 0 aliphatic carbocycles. The van der Waals surface area contributed by atoms with Gasteiger partial charge in [-0.3, -0.25) is 4.79 Å². The molecule has 0 aromatic heterocycles. The average molecular weight is 311 g/mol. The van der Waals surface area contributed by atoms with E-state index in [-0.39, 0.29) is 5.41 Å². The number of carbonyl (C=O) groups excluding carboxylic acids is 1. The van der Waals surface area contributed by atoms with Crippen LogP contribution in [0.25, 0.3) is 0 Å². The predicted octanol–water partition coefficient (Wildman–Crippen LogP) is 5.47. The minimum absolute atomic E-state index is 0.167. The summed E-state index contributed by atoms with van der Waals surface area (Å²) < 4.78 is 5.61. The van der Waals surface area contributed by atoms with Gasteiger partial charge in [-0.05, 0) is 47.6 Å². The minimum atomic E-state index is -0.560. The smallest absolute Gasteiger partial charge is 0.262 e. The van der Waals surface area contributed by atoms with Gasteiger partial charge < -0.3 is 4.74 Å². The summed E-state index contributed by atoms with van der Waals surface area (Å²) in [7, 11) is 0. The zero-order chi connectivity index (χ0) is 15.9. The molecule has 2 nitrogen and oxygen atoms in total. The highest BCUT2D eigenvalue weighted by Gasteiger charge is 2.20. The Labute approximate surface area is 133 Å². The highest BCUT2D eigenvalue weighted by Crippen LogP contribution is 2.30. The number of benzene rings is 1. The molecular weight excluding hydrogens is 284 g/mol. The first-order chi connectivity index (χ1) is 9.90. The van der Waals surface area contributed by atoms with Crippen LogP contribution in [-0.4, -0.2) is 11.3 Å². The monoisotopic (exact) mass is 310 g/mol. The van der Waals surface area contributed by atoms with E-state index in [2.05, 4.69) is 32.9 Å². The van der Waals surface area contributed by atoms with E-state index < -0.39 is 11.3 Å². The van der Waals surface area contributed by atoms with Gasteiger partial charge in [-0.15, -0.1) is 0 Å². The fraction of sp³-hybridized carbons (Fsp3) is 0.611. The third-order valence-corrected chi connectivity index (χ3v) is 4.19. The van der Waals surface area contributed by atoms with E-state index in [1.807, 2.05) is 19.1 Å². The number of hydrogen-bond acceptors (Lipinski definition) is 2. The quantitative estimate of drug-likeness (QED) is 0.446. The number of hydrogen-bond donors (Lipinski definition) is 0. The number of halogens is 1. The lowest BCUT2D eigenvalue weighted by Gasteiger charge is -2.25. The molecule has 1 aromatic carbocycles.